The Hall–Kier alpha value is -1.84. The van der Waals surface area contributed by atoms with Gasteiger partial charge in [0.1, 0.15) is 0 Å². The molecular weight excluding hydrogens is 264 g/mol. The lowest BCUT2D eigenvalue weighted by Crippen LogP contribution is -2.35. The second kappa shape index (κ2) is 8.29. The summed E-state index contributed by atoms with van der Waals surface area (Å²) in [6, 6.07) is 1.90. The minimum atomic E-state index is -0.229. The van der Waals surface area contributed by atoms with Crippen LogP contribution in [0.3, 0.4) is 0 Å². The average Bonchev–Trinajstić information content (AvgIpc) is 2.82. The predicted molar refractivity (Wildman–Crippen MR) is 73.4 cm³/mol. The quantitative estimate of drug-likeness (QED) is 0.676. The van der Waals surface area contributed by atoms with E-state index in [1.165, 1.54) is 18.3 Å². The smallest absolute Gasteiger partial charge is 0.239 e. The maximum absolute atomic E-state index is 11.4. The van der Waals surface area contributed by atoms with Crippen LogP contribution in [0.25, 0.3) is 0 Å². The van der Waals surface area contributed by atoms with Crippen molar-refractivity contribution in [2.24, 2.45) is 0 Å². The molecule has 0 atom stereocenters. The number of aliphatic hydroxyl groups excluding tert-OH is 1. The second-order valence-corrected chi connectivity index (χ2v) is 4.76. The number of hydrogen-bond donors (Lipinski definition) is 3. The van der Waals surface area contributed by atoms with E-state index in [2.05, 4.69) is 22.5 Å². The predicted octanol–water partition coefficient (Wildman–Crippen LogP) is 0.234. The van der Waals surface area contributed by atoms with E-state index in [1.807, 2.05) is 11.4 Å². The molecule has 0 radical (unpaired) electrons. The summed E-state index contributed by atoms with van der Waals surface area (Å²) in [4.78, 5) is 23.0. The first kappa shape index (κ1) is 15.2. The van der Waals surface area contributed by atoms with Gasteiger partial charge in [0.05, 0.1) is 19.7 Å². The minimum absolute atomic E-state index is 0.0100. The van der Waals surface area contributed by atoms with Gasteiger partial charge in [0, 0.05) is 29.2 Å². The molecule has 6 heteroatoms. The number of rotatable bonds is 5. The number of carbonyl (C=O) groups is 2. The summed E-state index contributed by atoms with van der Waals surface area (Å²) in [6.07, 6.45) is 0.457. The fraction of sp³-hybridized carbons (Fsp3) is 0.385. The number of aliphatic hydroxyl groups is 1. The lowest BCUT2D eigenvalue weighted by molar-refractivity contribution is -0.125. The van der Waals surface area contributed by atoms with Crippen molar-refractivity contribution in [2.75, 3.05) is 13.2 Å². The van der Waals surface area contributed by atoms with Gasteiger partial charge in [-0.2, -0.15) is 0 Å². The number of hydrogen-bond acceptors (Lipinski definition) is 4. The first-order valence-electron chi connectivity index (χ1n) is 5.80. The Balaban J connectivity index is 2.36. The fourth-order valence-electron chi connectivity index (χ4n) is 1.21. The Kier molecular flexibility index (Phi) is 6.64. The molecule has 0 aromatic carbocycles. The van der Waals surface area contributed by atoms with Crippen LogP contribution in [0.1, 0.15) is 23.8 Å². The monoisotopic (exact) mass is 280 g/mol. The van der Waals surface area contributed by atoms with E-state index < -0.39 is 0 Å². The zero-order valence-corrected chi connectivity index (χ0v) is 11.5. The van der Waals surface area contributed by atoms with Gasteiger partial charge in [0.2, 0.25) is 11.8 Å². The third-order valence-corrected chi connectivity index (χ3v) is 3.02. The largest absolute Gasteiger partial charge is 0.395 e. The molecule has 1 heterocycles. The Bertz CT molecular complexity index is 499. The molecule has 1 aromatic heterocycles. The van der Waals surface area contributed by atoms with E-state index in [0.29, 0.717) is 13.0 Å². The molecule has 3 N–H and O–H groups in total. The van der Waals surface area contributed by atoms with Crippen LogP contribution in [0.2, 0.25) is 0 Å². The van der Waals surface area contributed by atoms with Crippen LogP contribution in [0, 0.1) is 11.8 Å². The van der Waals surface area contributed by atoms with E-state index in [4.69, 9.17) is 5.11 Å². The van der Waals surface area contributed by atoms with Crippen molar-refractivity contribution in [2.45, 2.75) is 19.9 Å². The highest BCUT2D eigenvalue weighted by atomic mass is 32.1. The number of thiophene rings is 1. The van der Waals surface area contributed by atoms with Crippen LogP contribution in [-0.2, 0) is 16.1 Å². The van der Waals surface area contributed by atoms with Crippen LogP contribution in [0.5, 0.6) is 0 Å². The zero-order chi connectivity index (χ0) is 14.1. The van der Waals surface area contributed by atoms with Crippen molar-refractivity contribution < 1.29 is 14.7 Å². The molecule has 0 saturated carbocycles. The molecule has 5 nitrogen and oxygen atoms in total. The Morgan fingerprint density at radius 2 is 2.21 bits per heavy atom. The normalized spacial score (nSPS) is 9.37. The van der Waals surface area contributed by atoms with Crippen molar-refractivity contribution in [1.29, 1.82) is 0 Å². The summed E-state index contributed by atoms with van der Waals surface area (Å²) in [5.74, 6) is 5.30. The van der Waals surface area contributed by atoms with Crippen LogP contribution in [0.4, 0.5) is 0 Å². The summed E-state index contributed by atoms with van der Waals surface area (Å²) in [5.41, 5.74) is 0.879. The SMILES string of the molecule is CC(=O)NCC(=O)NCc1cc(C#CCCO)cs1. The van der Waals surface area contributed by atoms with Gasteiger partial charge in [-0.1, -0.05) is 11.8 Å². The van der Waals surface area contributed by atoms with E-state index >= 15 is 0 Å². The van der Waals surface area contributed by atoms with Gasteiger partial charge in [-0.15, -0.1) is 11.3 Å². The maximum atomic E-state index is 11.4. The van der Waals surface area contributed by atoms with E-state index in [9.17, 15) is 9.59 Å². The van der Waals surface area contributed by atoms with Gasteiger partial charge >= 0.3 is 0 Å². The van der Waals surface area contributed by atoms with Crippen molar-refractivity contribution in [3.63, 3.8) is 0 Å². The topological polar surface area (TPSA) is 78.4 Å². The summed E-state index contributed by atoms with van der Waals surface area (Å²) >= 11 is 1.51. The minimum Gasteiger partial charge on any atom is -0.395 e. The first-order chi connectivity index (χ1) is 9.11. The van der Waals surface area contributed by atoms with Gasteiger partial charge < -0.3 is 15.7 Å². The molecule has 0 spiro atoms. The van der Waals surface area contributed by atoms with E-state index in [1.54, 1.807) is 0 Å². The lowest BCUT2D eigenvalue weighted by atomic mass is 10.3. The molecular formula is C13H16N2O3S. The zero-order valence-electron chi connectivity index (χ0n) is 10.7. The first-order valence-corrected chi connectivity index (χ1v) is 6.68. The van der Waals surface area contributed by atoms with Gasteiger partial charge in [0.15, 0.2) is 0 Å². The Morgan fingerprint density at radius 3 is 2.89 bits per heavy atom. The van der Waals surface area contributed by atoms with Crippen molar-refractivity contribution in [3.8, 4) is 11.8 Å². The molecule has 1 rings (SSSR count). The summed E-state index contributed by atoms with van der Waals surface area (Å²) in [6.45, 7) is 1.84. The van der Waals surface area contributed by atoms with Crippen LogP contribution >= 0.6 is 11.3 Å². The Morgan fingerprint density at radius 1 is 1.42 bits per heavy atom. The van der Waals surface area contributed by atoms with Crippen molar-refractivity contribution >= 4 is 23.2 Å². The molecule has 0 saturated heterocycles. The van der Waals surface area contributed by atoms with E-state index in [-0.39, 0.29) is 25.0 Å². The lowest BCUT2D eigenvalue weighted by Gasteiger charge is -2.03. The third kappa shape index (κ3) is 6.60. The molecule has 0 aliphatic rings. The second-order valence-electron chi connectivity index (χ2n) is 3.76. The highest BCUT2D eigenvalue weighted by molar-refractivity contribution is 7.10. The van der Waals surface area contributed by atoms with Gasteiger partial charge in [-0.05, 0) is 6.07 Å². The molecule has 0 fully saturated rings. The summed E-state index contributed by atoms with van der Waals surface area (Å²) in [7, 11) is 0. The Labute approximate surface area is 116 Å². The summed E-state index contributed by atoms with van der Waals surface area (Å²) in [5, 5.41) is 15.6. The van der Waals surface area contributed by atoms with Crippen molar-refractivity contribution in [1.82, 2.24) is 10.6 Å². The van der Waals surface area contributed by atoms with Crippen LogP contribution < -0.4 is 10.6 Å². The fourth-order valence-corrected chi connectivity index (χ4v) is 1.97. The number of carbonyl (C=O) groups excluding carboxylic acids is 2. The highest BCUT2D eigenvalue weighted by Gasteiger charge is 2.03. The molecule has 0 aliphatic carbocycles. The van der Waals surface area contributed by atoms with E-state index in [0.717, 1.165) is 10.4 Å². The molecule has 19 heavy (non-hydrogen) atoms. The molecule has 1 aromatic rings. The van der Waals surface area contributed by atoms with Gasteiger partial charge in [0.25, 0.3) is 0 Å². The number of nitrogens with one attached hydrogen (secondary N) is 2. The molecule has 102 valence electrons. The highest BCUT2D eigenvalue weighted by Crippen LogP contribution is 2.13. The van der Waals surface area contributed by atoms with Crippen LogP contribution in [-0.4, -0.2) is 30.1 Å². The molecule has 0 unspecified atom stereocenters. The third-order valence-electron chi connectivity index (χ3n) is 2.08. The van der Waals surface area contributed by atoms with Crippen molar-refractivity contribution in [3.05, 3.63) is 21.9 Å². The number of amides is 2. The molecule has 2 amide bonds. The molecule has 0 aliphatic heterocycles. The maximum Gasteiger partial charge on any atom is 0.239 e. The average molecular weight is 280 g/mol. The van der Waals surface area contributed by atoms with Gasteiger partial charge in [-0.3, -0.25) is 9.59 Å². The standard InChI is InChI=1S/C13H16N2O3S/c1-10(17)14-8-13(18)15-7-12-6-11(9-19-12)4-2-3-5-16/h6,9,16H,3,5,7-8H2,1H3,(H,14,17)(H,15,18). The van der Waals surface area contributed by atoms with Crippen LogP contribution in [0.15, 0.2) is 11.4 Å². The van der Waals surface area contributed by atoms with Gasteiger partial charge in [-0.25, -0.2) is 0 Å². The summed E-state index contributed by atoms with van der Waals surface area (Å²) < 4.78 is 0. The molecule has 0 bridgehead atoms.